The summed E-state index contributed by atoms with van der Waals surface area (Å²) in [6.45, 7) is 4.29. The molecule has 1 aromatic carbocycles. The Bertz CT molecular complexity index is 625. The van der Waals surface area contributed by atoms with Gasteiger partial charge in [-0.05, 0) is 57.5 Å². The molecule has 1 aromatic heterocycles. The number of hydrogen-bond acceptors (Lipinski definition) is 2. The summed E-state index contributed by atoms with van der Waals surface area (Å²) in [5, 5.41) is 7.64. The zero-order valence-electron chi connectivity index (χ0n) is 12.8. The van der Waals surface area contributed by atoms with Crippen LogP contribution in [-0.4, -0.2) is 29.2 Å². The van der Waals surface area contributed by atoms with Crippen molar-refractivity contribution >= 4 is 0 Å². The van der Waals surface area contributed by atoms with Gasteiger partial charge in [0, 0.05) is 22.9 Å². The van der Waals surface area contributed by atoms with Crippen LogP contribution in [0.4, 0.5) is 0 Å². The molecular formula is C17H23N3. The first-order valence-corrected chi connectivity index (χ1v) is 7.45. The fraction of sp³-hybridized carbons (Fsp3) is 0.471. The van der Waals surface area contributed by atoms with Gasteiger partial charge in [0.05, 0.1) is 5.69 Å². The van der Waals surface area contributed by atoms with Gasteiger partial charge in [0.2, 0.25) is 0 Å². The first kappa shape index (κ1) is 13.4. The number of aromatic nitrogens is 2. The quantitative estimate of drug-likeness (QED) is 0.925. The number of H-pyrrole nitrogens is 1. The fourth-order valence-corrected chi connectivity index (χ4v) is 3.39. The molecule has 0 aliphatic heterocycles. The van der Waals surface area contributed by atoms with Gasteiger partial charge in [-0.15, -0.1) is 0 Å². The van der Waals surface area contributed by atoms with Gasteiger partial charge in [-0.2, -0.15) is 5.10 Å². The Kier molecular flexibility index (Phi) is 3.38. The molecule has 20 heavy (non-hydrogen) atoms. The molecule has 3 heteroatoms. The Labute approximate surface area is 121 Å². The summed E-state index contributed by atoms with van der Waals surface area (Å²) in [4.78, 5) is 2.33. The van der Waals surface area contributed by atoms with Crippen molar-refractivity contribution in [3.63, 3.8) is 0 Å². The van der Waals surface area contributed by atoms with Crippen molar-refractivity contribution < 1.29 is 0 Å². The average Bonchev–Trinajstić information content (AvgIpc) is 3.00. The second kappa shape index (κ2) is 5.06. The van der Waals surface area contributed by atoms with Crippen LogP contribution in [-0.2, 0) is 12.8 Å². The van der Waals surface area contributed by atoms with E-state index in [9.17, 15) is 0 Å². The molecule has 2 aromatic rings. The highest BCUT2D eigenvalue weighted by atomic mass is 15.1. The van der Waals surface area contributed by atoms with Crippen LogP contribution in [0.15, 0.2) is 18.2 Å². The Hall–Kier alpha value is -1.61. The average molecular weight is 269 g/mol. The summed E-state index contributed by atoms with van der Waals surface area (Å²) in [6.07, 6.45) is 3.44. The summed E-state index contributed by atoms with van der Waals surface area (Å²) >= 11 is 0. The first-order valence-electron chi connectivity index (χ1n) is 7.45. The van der Waals surface area contributed by atoms with Gasteiger partial charge in [-0.3, -0.25) is 5.10 Å². The SMILES string of the molecule is CCc1c(-c2ccc3c(c2)C(N(C)C)CC3)n[nH]c1C. The van der Waals surface area contributed by atoms with Crippen LogP contribution >= 0.6 is 0 Å². The van der Waals surface area contributed by atoms with Crippen molar-refractivity contribution in [3.05, 3.63) is 40.6 Å². The summed E-state index contributed by atoms with van der Waals surface area (Å²) in [5.41, 5.74) is 7.88. The predicted molar refractivity (Wildman–Crippen MR) is 82.9 cm³/mol. The lowest BCUT2D eigenvalue weighted by Gasteiger charge is -2.20. The van der Waals surface area contributed by atoms with E-state index in [-0.39, 0.29) is 0 Å². The molecule has 1 aliphatic rings. The molecule has 0 bridgehead atoms. The van der Waals surface area contributed by atoms with Crippen molar-refractivity contribution in [2.24, 2.45) is 0 Å². The Morgan fingerprint density at radius 3 is 2.85 bits per heavy atom. The number of aromatic amines is 1. The molecule has 0 fully saturated rings. The first-order chi connectivity index (χ1) is 9.61. The highest BCUT2D eigenvalue weighted by Gasteiger charge is 2.25. The van der Waals surface area contributed by atoms with E-state index in [1.807, 2.05) is 0 Å². The fourth-order valence-electron chi connectivity index (χ4n) is 3.39. The zero-order valence-corrected chi connectivity index (χ0v) is 12.8. The molecule has 106 valence electrons. The Morgan fingerprint density at radius 1 is 1.35 bits per heavy atom. The number of benzene rings is 1. The minimum Gasteiger partial charge on any atom is -0.302 e. The molecule has 1 atom stereocenters. The molecule has 3 nitrogen and oxygen atoms in total. The summed E-state index contributed by atoms with van der Waals surface area (Å²) in [5.74, 6) is 0. The topological polar surface area (TPSA) is 31.9 Å². The second-order valence-corrected chi connectivity index (χ2v) is 5.96. The summed E-state index contributed by atoms with van der Waals surface area (Å²) in [6, 6.07) is 7.42. The number of fused-ring (bicyclic) bond motifs is 1. The standard InChI is InChI=1S/C17H23N3/c1-5-14-11(2)18-19-17(14)13-7-6-12-8-9-16(20(3)4)15(12)10-13/h6-7,10,16H,5,8-9H2,1-4H3,(H,18,19). The van der Waals surface area contributed by atoms with Crippen LogP contribution < -0.4 is 0 Å². The van der Waals surface area contributed by atoms with Gasteiger partial charge in [-0.1, -0.05) is 19.1 Å². The van der Waals surface area contributed by atoms with Crippen LogP contribution in [0.5, 0.6) is 0 Å². The second-order valence-electron chi connectivity index (χ2n) is 5.96. The maximum atomic E-state index is 4.51. The summed E-state index contributed by atoms with van der Waals surface area (Å²) in [7, 11) is 4.34. The molecule has 0 spiro atoms. The minimum absolute atomic E-state index is 0.551. The molecule has 0 radical (unpaired) electrons. The maximum absolute atomic E-state index is 4.51. The number of nitrogens with zero attached hydrogens (tertiary/aromatic N) is 2. The Balaban J connectivity index is 2.06. The third-order valence-corrected chi connectivity index (χ3v) is 4.52. The molecule has 3 rings (SSSR count). The third kappa shape index (κ3) is 2.06. The van der Waals surface area contributed by atoms with Crippen LogP contribution in [0.2, 0.25) is 0 Å². The van der Waals surface area contributed by atoms with E-state index in [0.717, 1.165) is 12.1 Å². The van der Waals surface area contributed by atoms with Gasteiger partial charge in [0.15, 0.2) is 0 Å². The van der Waals surface area contributed by atoms with Crippen molar-refractivity contribution in [1.29, 1.82) is 0 Å². The van der Waals surface area contributed by atoms with Gasteiger partial charge in [0.25, 0.3) is 0 Å². The lowest BCUT2D eigenvalue weighted by atomic mass is 9.99. The normalized spacial score (nSPS) is 17.8. The van der Waals surface area contributed by atoms with E-state index >= 15 is 0 Å². The molecule has 1 N–H and O–H groups in total. The van der Waals surface area contributed by atoms with Gasteiger partial charge in [-0.25, -0.2) is 0 Å². The molecule has 1 unspecified atom stereocenters. The number of nitrogens with one attached hydrogen (secondary N) is 1. The van der Waals surface area contributed by atoms with E-state index in [0.29, 0.717) is 6.04 Å². The van der Waals surface area contributed by atoms with Crippen molar-refractivity contribution in [2.45, 2.75) is 39.2 Å². The summed E-state index contributed by atoms with van der Waals surface area (Å²) < 4.78 is 0. The van der Waals surface area contributed by atoms with Crippen molar-refractivity contribution in [3.8, 4) is 11.3 Å². The smallest absolute Gasteiger partial charge is 0.0955 e. The van der Waals surface area contributed by atoms with Crippen LogP contribution in [0.1, 0.15) is 41.8 Å². The molecule has 0 saturated carbocycles. The van der Waals surface area contributed by atoms with Crippen LogP contribution in [0.3, 0.4) is 0 Å². The minimum atomic E-state index is 0.551. The van der Waals surface area contributed by atoms with E-state index in [1.54, 1.807) is 0 Å². The highest BCUT2D eigenvalue weighted by molar-refractivity contribution is 5.66. The van der Waals surface area contributed by atoms with Gasteiger partial charge >= 0.3 is 0 Å². The van der Waals surface area contributed by atoms with Crippen molar-refractivity contribution in [1.82, 2.24) is 15.1 Å². The molecule has 0 saturated heterocycles. The number of rotatable bonds is 3. The molecule has 0 amide bonds. The van der Waals surface area contributed by atoms with E-state index in [2.05, 4.69) is 61.2 Å². The predicted octanol–water partition coefficient (Wildman–Crippen LogP) is 3.50. The highest BCUT2D eigenvalue weighted by Crippen LogP contribution is 2.37. The van der Waals surface area contributed by atoms with E-state index < -0.39 is 0 Å². The molecule has 1 heterocycles. The maximum Gasteiger partial charge on any atom is 0.0955 e. The lowest BCUT2D eigenvalue weighted by molar-refractivity contribution is 0.299. The Morgan fingerprint density at radius 2 is 2.15 bits per heavy atom. The molecule has 1 aliphatic carbocycles. The third-order valence-electron chi connectivity index (χ3n) is 4.52. The lowest BCUT2D eigenvalue weighted by Crippen LogP contribution is -2.17. The van der Waals surface area contributed by atoms with Crippen molar-refractivity contribution in [2.75, 3.05) is 14.1 Å². The van der Waals surface area contributed by atoms with E-state index in [4.69, 9.17) is 0 Å². The number of hydrogen-bond donors (Lipinski definition) is 1. The van der Waals surface area contributed by atoms with Crippen LogP contribution in [0.25, 0.3) is 11.3 Å². The largest absolute Gasteiger partial charge is 0.302 e. The van der Waals surface area contributed by atoms with E-state index in [1.165, 1.54) is 40.8 Å². The van der Waals surface area contributed by atoms with Gasteiger partial charge < -0.3 is 4.90 Å². The van der Waals surface area contributed by atoms with Crippen LogP contribution in [0, 0.1) is 6.92 Å². The van der Waals surface area contributed by atoms with Gasteiger partial charge in [0.1, 0.15) is 0 Å². The molecular weight excluding hydrogens is 246 g/mol. The number of aryl methyl sites for hydroxylation is 2. The monoisotopic (exact) mass is 269 g/mol. The zero-order chi connectivity index (χ0) is 14.3.